The number of anilines is 1. The molecule has 1 aromatic carbocycles. The molecule has 0 bridgehead atoms. The summed E-state index contributed by atoms with van der Waals surface area (Å²) in [4.78, 5) is 20.5. The van der Waals surface area contributed by atoms with Gasteiger partial charge >= 0.3 is 0 Å². The van der Waals surface area contributed by atoms with Crippen LogP contribution in [0, 0.1) is 12.8 Å². The van der Waals surface area contributed by atoms with Gasteiger partial charge in [-0.3, -0.25) is 9.79 Å². The molecule has 1 atom stereocenters. The van der Waals surface area contributed by atoms with E-state index in [1.165, 1.54) is 11.3 Å². The first-order valence-corrected chi connectivity index (χ1v) is 11.4. The maximum atomic E-state index is 11.3. The zero-order valence-corrected chi connectivity index (χ0v) is 18.6. The number of carbonyl (C=O) groups excluding carboxylic acids is 1. The second kappa shape index (κ2) is 11.2. The number of rotatable bonds is 8. The summed E-state index contributed by atoms with van der Waals surface area (Å²) in [5, 5.41) is 7.03. The first-order chi connectivity index (χ1) is 14.5. The van der Waals surface area contributed by atoms with Crippen molar-refractivity contribution in [1.29, 1.82) is 0 Å². The number of nitrogens with one attached hydrogen (secondary N) is 2. The van der Waals surface area contributed by atoms with Crippen molar-refractivity contribution in [2.75, 3.05) is 51.2 Å². The molecule has 2 heterocycles. The number of aryl methyl sites for hydroxylation is 1. The van der Waals surface area contributed by atoms with Crippen LogP contribution in [0.1, 0.15) is 37.7 Å². The molecule has 2 saturated heterocycles. The minimum atomic E-state index is -0.137. The van der Waals surface area contributed by atoms with Crippen molar-refractivity contribution < 1.29 is 4.79 Å². The van der Waals surface area contributed by atoms with Gasteiger partial charge in [0.2, 0.25) is 5.91 Å². The lowest BCUT2D eigenvalue weighted by Crippen LogP contribution is -2.45. The number of benzene rings is 1. The number of unbranched alkanes of at least 4 members (excludes halogenated alkanes) is 1. The van der Waals surface area contributed by atoms with Gasteiger partial charge in [0.1, 0.15) is 0 Å². The van der Waals surface area contributed by atoms with Crippen LogP contribution in [0.4, 0.5) is 5.69 Å². The van der Waals surface area contributed by atoms with Gasteiger partial charge < -0.3 is 26.2 Å². The van der Waals surface area contributed by atoms with E-state index in [1.54, 1.807) is 0 Å². The molecule has 0 spiro atoms. The number of piperidine rings is 1. The first kappa shape index (κ1) is 22.4. The predicted octanol–water partition coefficient (Wildman–Crippen LogP) is 1.72. The van der Waals surface area contributed by atoms with Gasteiger partial charge in [-0.15, -0.1) is 0 Å². The van der Waals surface area contributed by atoms with Gasteiger partial charge in [-0.1, -0.05) is 17.7 Å². The summed E-state index contributed by atoms with van der Waals surface area (Å²) in [6, 6.07) is 9.19. The standard InChI is InChI=1S/C23H38N6O/c1-18-5-7-21(8-6-18)29-16-11-20(17-29)27-23(25-2)26-12-3-4-13-28-14-9-19(10-15-28)22(24)30/h5-8,19-20H,3-4,9-17H2,1-2H3,(H2,24,30)(H2,25,26,27). The number of guanidine groups is 1. The van der Waals surface area contributed by atoms with E-state index in [1.807, 2.05) is 7.05 Å². The number of primary amides is 1. The lowest BCUT2D eigenvalue weighted by atomic mass is 9.96. The molecule has 7 heteroatoms. The van der Waals surface area contributed by atoms with E-state index in [0.717, 1.165) is 77.3 Å². The van der Waals surface area contributed by atoms with E-state index in [2.05, 4.69) is 56.6 Å². The number of hydrogen-bond donors (Lipinski definition) is 3. The fraction of sp³-hybridized carbons (Fsp3) is 0.652. The molecule has 4 N–H and O–H groups in total. The van der Waals surface area contributed by atoms with E-state index in [-0.39, 0.29) is 11.8 Å². The Balaban J connectivity index is 1.29. The quantitative estimate of drug-likeness (QED) is 0.343. The summed E-state index contributed by atoms with van der Waals surface area (Å²) < 4.78 is 0. The van der Waals surface area contributed by atoms with Gasteiger partial charge in [-0.2, -0.15) is 0 Å². The Hall–Kier alpha value is -2.28. The largest absolute Gasteiger partial charge is 0.369 e. The summed E-state index contributed by atoms with van der Waals surface area (Å²) in [5.74, 6) is 0.838. The minimum Gasteiger partial charge on any atom is -0.369 e. The van der Waals surface area contributed by atoms with Crippen LogP contribution in [-0.2, 0) is 4.79 Å². The van der Waals surface area contributed by atoms with Crippen LogP contribution in [0.5, 0.6) is 0 Å². The Morgan fingerprint density at radius 1 is 1.13 bits per heavy atom. The maximum Gasteiger partial charge on any atom is 0.220 e. The smallest absolute Gasteiger partial charge is 0.220 e. The molecule has 2 fully saturated rings. The second-order valence-corrected chi connectivity index (χ2v) is 8.64. The lowest BCUT2D eigenvalue weighted by Gasteiger charge is -2.30. The third-order valence-electron chi connectivity index (χ3n) is 6.34. The number of nitrogens with two attached hydrogens (primary N) is 1. The van der Waals surface area contributed by atoms with E-state index >= 15 is 0 Å². The molecule has 30 heavy (non-hydrogen) atoms. The van der Waals surface area contributed by atoms with Crippen LogP contribution < -0.4 is 21.3 Å². The van der Waals surface area contributed by atoms with E-state index in [9.17, 15) is 4.79 Å². The number of hydrogen-bond acceptors (Lipinski definition) is 4. The zero-order chi connectivity index (χ0) is 21.3. The Bertz CT molecular complexity index is 696. The number of likely N-dealkylation sites (tertiary alicyclic amines) is 1. The maximum absolute atomic E-state index is 11.3. The predicted molar refractivity (Wildman–Crippen MR) is 124 cm³/mol. The average molecular weight is 415 g/mol. The summed E-state index contributed by atoms with van der Waals surface area (Å²) in [6.45, 7) is 8.20. The van der Waals surface area contributed by atoms with Crippen molar-refractivity contribution in [3.8, 4) is 0 Å². The summed E-state index contributed by atoms with van der Waals surface area (Å²) in [6.07, 6.45) is 5.19. The second-order valence-electron chi connectivity index (χ2n) is 8.64. The van der Waals surface area contributed by atoms with Crippen LogP contribution >= 0.6 is 0 Å². The highest BCUT2D eigenvalue weighted by molar-refractivity contribution is 5.80. The Kier molecular flexibility index (Phi) is 8.37. The van der Waals surface area contributed by atoms with Crippen LogP contribution in [0.2, 0.25) is 0 Å². The highest BCUT2D eigenvalue weighted by Crippen LogP contribution is 2.20. The lowest BCUT2D eigenvalue weighted by molar-refractivity contribution is -0.123. The van der Waals surface area contributed by atoms with Crippen LogP contribution in [0.25, 0.3) is 0 Å². The molecule has 2 aliphatic rings. The SMILES string of the molecule is CN=C(NCCCCN1CCC(C(N)=O)CC1)NC1CCN(c2ccc(C)cc2)C1. The Morgan fingerprint density at radius 2 is 1.87 bits per heavy atom. The fourth-order valence-electron chi connectivity index (χ4n) is 4.36. The van der Waals surface area contributed by atoms with Crippen molar-refractivity contribution in [3.05, 3.63) is 29.8 Å². The van der Waals surface area contributed by atoms with Crippen molar-refractivity contribution >= 4 is 17.6 Å². The molecule has 0 saturated carbocycles. The van der Waals surface area contributed by atoms with Crippen molar-refractivity contribution in [3.63, 3.8) is 0 Å². The van der Waals surface area contributed by atoms with Crippen molar-refractivity contribution in [2.45, 2.75) is 45.1 Å². The molecular formula is C23H38N6O. The van der Waals surface area contributed by atoms with Gasteiger partial charge in [0, 0.05) is 44.3 Å². The Labute approximate surface area is 181 Å². The topological polar surface area (TPSA) is 86.0 Å². The third-order valence-corrected chi connectivity index (χ3v) is 6.34. The number of carbonyl (C=O) groups is 1. The minimum absolute atomic E-state index is 0.0785. The molecule has 1 unspecified atom stereocenters. The number of amides is 1. The Morgan fingerprint density at radius 3 is 2.53 bits per heavy atom. The highest BCUT2D eigenvalue weighted by Gasteiger charge is 2.24. The highest BCUT2D eigenvalue weighted by atomic mass is 16.1. The van der Waals surface area contributed by atoms with Gasteiger partial charge in [0.05, 0.1) is 0 Å². The third kappa shape index (κ3) is 6.62. The van der Waals surface area contributed by atoms with Gasteiger partial charge in [-0.05, 0) is 70.8 Å². The van der Waals surface area contributed by atoms with E-state index in [0.29, 0.717) is 6.04 Å². The normalized spacial score (nSPS) is 21.1. The summed E-state index contributed by atoms with van der Waals surface area (Å²) >= 11 is 0. The molecule has 1 amide bonds. The zero-order valence-electron chi connectivity index (χ0n) is 18.6. The molecule has 7 nitrogen and oxygen atoms in total. The van der Waals surface area contributed by atoms with E-state index in [4.69, 9.17) is 5.73 Å². The number of aliphatic imine (C=N–C) groups is 1. The molecule has 0 aromatic heterocycles. The molecule has 0 radical (unpaired) electrons. The van der Waals surface area contributed by atoms with Crippen LogP contribution in [0.3, 0.4) is 0 Å². The molecular weight excluding hydrogens is 376 g/mol. The summed E-state index contributed by atoms with van der Waals surface area (Å²) in [7, 11) is 1.84. The monoisotopic (exact) mass is 414 g/mol. The van der Waals surface area contributed by atoms with Gasteiger partial charge in [0.25, 0.3) is 0 Å². The van der Waals surface area contributed by atoms with Gasteiger partial charge in [-0.25, -0.2) is 0 Å². The molecule has 2 aliphatic heterocycles. The molecule has 0 aliphatic carbocycles. The summed E-state index contributed by atoms with van der Waals surface area (Å²) in [5.41, 5.74) is 8.01. The molecule has 1 aromatic rings. The molecule has 166 valence electrons. The van der Waals surface area contributed by atoms with Crippen LogP contribution in [0.15, 0.2) is 29.3 Å². The van der Waals surface area contributed by atoms with Gasteiger partial charge in [0.15, 0.2) is 5.96 Å². The fourth-order valence-corrected chi connectivity index (χ4v) is 4.36. The van der Waals surface area contributed by atoms with E-state index < -0.39 is 0 Å². The van der Waals surface area contributed by atoms with Crippen molar-refractivity contribution in [2.24, 2.45) is 16.6 Å². The van der Waals surface area contributed by atoms with Crippen LogP contribution in [-0.4, -0.2) is 69.1 Å². The first-order valence-electron chi connectivity index (χ1n) is 11.4. The van der Waals surface area contributed by atoms with Crippen molar-refractivity contribution in [1.82, 2.24) is 15.5 Å². The average Bonchev–Trinajstić information content (AvgIpc) is 3.22. The molecule has 3 rings (SSSR count). The number of nitrogens with zero attached hydrogens (tertiary/aromatic N) is 3.